The number of hydrogen-bond donors (Lipinski definition) is 1. The van der Waals surface area contributed by atoms with Crippen LogP contribution in [-0.2, 0) is 21.4 Å². The number of rotatable bonds is 6. The molecule has 162 valence electrons. The standard InChI is InChI=1S/C24H26N2O4S/c1-17-5-11-22(12-6-17)31(28,29)26-13-3-4-23(26)24(27)25-16-18-7-8-20-15-21(30-2)10-9-19(20)14-18/h5-12,14-15,23H,3-4,13,16H2,1-2H3,(H,25,27)/t23-/m0/s1. The number of aryl methyl sites for hydroxylation is 1. The Hall–Kier alpha value is -2.90. The third kappa shape index (κ3) is 4.43. The maximum atomic E-state index is 13.1. The summed E-state index contributed by atoms with van der Waals surface area (Å²) in [6.45, 7) is 2.60. The van der Waals surface area contributed by atoms with Crippen LogP contribution in [0.2, 0.25) is 0 Å². The number of fused-ring (bicyclic) bond motifs is 1. The molecule has 1 aliphatic heterocycles. The first-order valence-corrected chi connectivity index (χ1v) is 11.8. The van der Waals surface area contributed by atoms with E-state index in [1.54, 1.807) is 31.4 Å². The van der Waals surface area contributed by atoms with E-state index in [1.807, 2.05) is 43.3 Å². The lowest BCUT2D eigenvalue weighted by molar-refractivity contribution is -0.124. The SMILES string of the molecule is COc1ccc2cc(CNC(=O)[C@@H]3CCCN3S(=O)(=O)c3ccc(C)cc3)ccc2c1. The van der Waals surface area contributed by atoms with Gasteiger partial charge in [-0.1, -0.05) is 35.9 Å². The largest absolute Gasteiger partial charge is 0.497 e. The maximum absolute atomic E-state index is 13.1. The van der Waals surface area contributed by atoms with Crippen LogP contribution in [0.25, 0.3) is 10.8 Å². The molecule has 6 nitrogen and oxygen atoms in total. The minimum atomic E-state index is -3.71. The van der Waals surface area contributed by atoms with E-state index in [4.69, 9.17) is 4.74 Å². The van der Waals surface area contributed by atoms with Crippen molar-refractivity contribution in [2.75, 3.05) is 13.7 Å². The zero-order valence-corrected chi connectivity index (χ0v) is 18.5. The Morgan fingerprint density at radius 3 is 2.52 bits per heavy atom. The lowest BCUT2D eigenvalue weighted by Crippen LogP contribution is -2.45. The van der Waals surface area contributed by atoms with Crippen LogP contribution in [0.5, 0.6) is 5.75 Å². The van der Waals surface area contributed by atoms with Crippen LogP contribution in [0.4, 0.5) is 0 Å². The van der Waals surface area contributed by atoms with Crippen LogP contribution in [0.1, 0.15) is 24.0 Å². The predicted octanol–water partition coefficient (Wildman–Crippen LogP) is 3.63. The molecule has 0 aromatic heterocycles. The molecule has 0 spiro atoms. The van der Waals surface area contributed by atoms with Crippen molar-refractivity contribution in [3.63, 3.8) is 0 Å². The highest BCUT2D eigenvalue weighted by atomic mass is 32.2. The molecule has 1 saturated heterocycles. The van der Waals surface area contributed by atoms with Crippen molar-refractivity contribution < 1.29 is 17.9 Å². The zero-order valence-electron chi connectivity index (χ0n) is 17.7. The number of amides is 1. The quantitative estimate of drug-likeness (QED) is 0.638. The van der Waals surface area contributed by atoms with Gasteiger partial charge in [0.2, 0.25) is 15.9 Å². The number of sulfonamides is 1. The number of benzene rings is 3. The fourth-order valence-corrected chi connectivity index (χ4v) is 5.61. The molecule has 3 aromatic carbocycles. The van der Waals surface area contributed by atoms with Crippen molar-refractivity contribution in [1.82, 2.24) is 9.62 Å². The molecule has 1 aliphatic rings. The Balaban J connectivity index is 1.46. The van der Waals surface area contributed by atoms with E-state index in [0.29, 0.717) is 25.9 Å². The molecule has 0 unspecified atom stereocenters. The van der Waals surface area contributed by atoms with Gasteiger partial charge in [0.25, 0.3) is 0 Å². The van der Waals surface area contributed by atoms with Crippen molar-refractivity contribution in [3.8, 4) is 5.75 Å². The second-order valence-corrected chi connectivity index (χ2v) is 9.74. The number of carbonyl (C=O) groups excluding carboxylic acids is 1. The van der Waals surface area contributed by atoms with Crippen molar-refractivity contribution in [3.05, 3.63) is 71.8 Å². The highest BCUT2D eigenvalue weighted by Crippen LogP contribution is 2.27. The number of hydrogen-bond acceptors (Lipinski definition) is 4. The Labute approximate surface area is 182 Å². The molecule has 0 radical (unpaired) electrons. The number of nitrogens with one attached hydrogen (secondary N) is 1. The van der Waals surface area contributed by atoms with Crippen LogP contribution in [0, 0.1) is 6.92 Å². The van der Waals surface area contributed by atoms with E-state index in [2.05, 4.69) is 5.32 Å². The first kappa shape index (κ1) is 21.3. The van der Waals surface area contributed by atoms with Crippen LogP contribution < -0.4 is 10.1 Å². The third-order valence-corrected chi connectivity index (χ3v) is 7.63. The molecule has 0 aliphatic carbocycles. The van der Waals surface area contributed by atoms with Crippen molar-refractivity contribution in [2.24, 2.45) is 0 Å². The Morgan fingerprint density at radius 1 is 1.06 bits per heavy atom. The molecular formula is C24H26N2O4S. The molecule has 7 heteroatoms. The number of ether oxygens (including phenoxy) is 1. The number of methoxy groups -OCH3 is 1. The summed E-state index contributed by atoms with van der Waals surface area (Å²) in [5.41, 5.74) is 1.94. The molecule has 4 rings (SSSR count). The second kappa shape index (κ2) is 8.69. The predicted molar refractivity (Wildman–Crippen MR) is 120 cm³/mol. The summed E-state index contributed by atoms with van der Waals surface area (Å²) in [6, 6.07) is 17.9. The second-order valence-electron chi connectivity index (χ2n) is 7.85. The van der Waals surface area contributed by atoms with Gasteiger partial charge in [-0.2, -0.15) is 4.31 Å². The van der Waals surface area contributed by atoms with E-state index in [0.717, 1.165) is 27.6 Å². The first-order valence-electron chi connectivity index (χ1n) is 10.3. The molecule has 1 N–H and O–H groups in total. The smallest absolute Gasteiger partial charge is 0.243 e. The number of carbonyl (C=O) groups is 1. The molecule has 1 atom stereocenters. The minimum absolute atomic E-state index is 0.225. The zero-order chi connectivity index (χ0) is 22.0. The average molecular weight is 439 g/mol. The van der Waals surface area contributed by atoms with Crippen molar-refractivity contribution in [2.45, 2.75) is 37.2 Å². The summed E-state index contributed by atoms with van der Waals surface area (Å²) in [7, 11) is -2.07. The van der Waals surface area contributed by atoms with Crippen LogP contribution in [-0.4, -0.2) is 38.3 Å². The van der Waals surface area contributed by atoms with Crippen LogP contribution in [0.15, 0.2) is 65.6 Å². The maximum Gasteiger partial charge on any atom is 0.243 e. The van der Waals surface area contributed by atoms with Gasteiger partial charge in [-0.05, 0) is 66.4 Å². The monoisotopic (exact) mass is 438 g/mol. The highest BCUT2D eigenvalue weighted by Gasteiger charge is 2.39. The van der Waals surface area contributed by atoms with Gasteiger partial charge in [-0.3, -0.25) is 4.79 Å². The molecule has 3 aromatic rings. The van der Waals surface area contributed by atoms with E-state index in [9.17, 15) is 13.2 Å². The summed E-state index contributed by atoms with van der Waals surface area (Å²) in [6.07, 6.45) is 1.19. The fourth-order valence-electron chi connectivity index (χ4n) is 3.95. The van der Waals surface area contributed by atoms with Crippen molar-refractivity contribution in [1.29, 1.82) is 0 Å². The Bertz CT molecular complexity index is 1210. The molecule has 1 amide bonds. The van der Waals surface area contributed by atoms with Crippen molar-refractivity contribution >= 4 is 26.7 Å². The van der Waals surface area contributed by atoms with Gasteiger partial charge in [0, 0.05) is 13.1 Å². The number of nitrogens with zero attached hydrogens (tertiary/aromatic N) is 1. The molecule has 1 heterocycles. The van der Waals surface area contributed by atoms with Gasteiger partial charge < -0.3 is 10.1 Å². The Morgan fingerprint density at radius 2 is 1.77 bits per heavy atom. The van der Waals surface area contributed by atoms with Gasteiger partial charge in [-0.25, -0.2) is 8.42 Å². The van der Waals surface area contributed by atoms with Gasteiger partial charge in [0.15, 0.2) is 0 Å². The van der Waals surface area contributed by atoms with Gasteiger partial charge in [0.05, 0.1) is 12.0 Å². The molecule has 0 saturated carbocycles. The first-order chi connectivity index (χ1) is 14.9. The normalized spacial score (nSPS) is 17.0. The topological polar surface area (TPSA) is 75.7 Å². The molecule has 0 bridgehead atoms. The van der Waals surface area contributed by atoms with Gasteiger partial charge in [0.1, 0.15) is 11.8 Å². The lowest BCUT2D eigenvalue weighted by Gasteiger charge is -2.23. The summed E-state index contributed by atoms with van der Waals surface area (Å²) >= 11 is 0. The molecule has 31 heavy (non-hydrogen) atoms. The summed E-state index contributed by atoms with van der Waals surface area (Å²) in [4.78, 5) is 13.1. The third-order valence-electron chi connectivity index (χ3n) is 5.71. The van der Waals surface area contributed by atoms with Gasteiger partial charge >= 0.3 is 0 Å². The highest BCUT2D eigenvalue weighted by molar-refractivity contribution is 7.89. The van der Waals surface area contributed by atoms with E-state index in [1.165, 1.54) is 4.31 Å². The summed E-state index contributed by atoms with van der Waals surface area (Å²) < 4.78 is 32.7. The van der Waals surface area contributed by atoms with E-state index in [-0.39, 0.29) is 10.8 Å². The summed E-state index contributed by atoms with van der Waals surface area (Å²) in [5.74, 6) is 0.535. The van der Waals surface area contributed by atoms with E-state index < -0.39 is 16.1 Å². The van der Waals surface area contributed by atoms with Crippen LogP contribution in [0.3, 0.4) is 0 Å². The molecular weight excluding hydrogens is 412 g/mol. The summed E-state index contributed by atoms with van der Waals surface area (Å²) in [5, 5.41) is 5.03. The fraction of sp³-hybridized carbons (Fsp3) is 0.292. The lowest BCUT2D eigenvalue weighted by atomic mass is 10.1. The minimum Gasteiger partial charge on any atom is -0.497 e. The van der Waals surface area contributed by atoms with Crippen LogP contribution >= 0.6 is 0 Å². The average Bonchev–Trinajstić information content (AvgIpc) is 3.28. The van der Waals surface area contributed by atoms with E-state index >= 15 is 0 Å². The Kier molecular flexibility index (Phi) is 5.98. The van der Waals surface area contributed by atoms with Gasteiger partial charge in [-0.15, -0.1) is 0 Å². The molecule has 1 fully saturated rings.